The molecular weight excluding hydrogens is 400 g/mol. The van der Waals surface area contributed by atoms with Gasteiger partial charge < -0.3 is 9.14 Å². The fraction of sp³-hybridized carbons (Fsp3) is 0.273. The van der Waals surface area contributed by atoms with Crippen LogP contribution in [0.3, 0.4) is 0 Å². The lowest BCUT2D eigenvalue weighted by atomic mass is 10.1. The fourth-order valence-corrected chi connectivity index (χ4v) is 4.11. The van der Waals surface area contributed by atoms with E-state index in [4.69, 9.17) is 4.74 Å². The molecule has 0 aliphatic carbocycles. The summed E-state index contributed by atoms with van der Waals surface area (Å²) in [5.41, 5.74) is 1.89. The minimum absolute atomic E-state index is 0.195. The van der Waals surface area contributed by atoms with Crippen LogP contribution in [-0.4, -0.2) is 43.6 Å². The number of thioether (sulfide) groups is 1. The highest BCUT2D eigenvalue weighted by atomic mass is 32.2. The predicted octanol–water partition coefficient (Wildman–Crippen LogP) is 4.10. The van der Waals surface area contributed by atoms with Crippen LogP contribution in [0.1, 0.15) is 24.8 Å². The number of fused-ring (bicyclic) bond motifs is 1. The van der Waals surface area contributed by atoms with Crippen molar-refractivity contribution in [1.29, 1.82) is 0 Å². The number of pyridine rings is 2. The highest BCUT2D eigenvalue weighted by Crippen LogP contribution is 2.31. The third-order valence-electron chi connectivity index (χ3n) is 4.78. The molecule has 0 atom stereocenters. The summed E-state index contributed by atoms with van der Waals surface area (Å²) >= 11 is 1.02. The number of rotatable bonds is 9. The van der Waals surface area contributed by atoms with Crippen molar-refractivity contribution in [3.8, 4) is 5.75 Å². The molecule has 1 aliphatic heterocycles. The van der Waals surface area contributed by atoms with Gasteiger partial charge in [0.05, 0.1) is 11.5 Å². The number of imidazole rings is 1. The van der Waals surface area contributed by atoms with Gasteiger partial charge in [0.15, 0.2) is 11.4 Å². The molecule has 0 radical (unpaired) electrons. The van der Waals surface area contributed by atoms with Crippen LogP contribution in [0, 0.1) is 0 Å². The molecule has 1 saturated heterocycles. The summed E-state index contributed by atoms with van der Waals surface area (Å²) in [5, 5.41) is -0.198. The molecule has 3 aromatic heterocycles. The summed E-state index contributed by atoms with van der Waals surface area (Å²) in [6.07, 6.45) is 13.8. The molecule has 30 heavy (non-hydrogen) atoms. The largest absolute Gasteiger partial charge is 0.490 e. The number of nitrogens with zero attached hydrogens (tertiary/aromatic N) is 4. The van der Waals surface area contributed by atoms with E-state index in [2.05, 4.69) is 9.97 Å². The van der Waals surface area contributed by atoms with Gasteiger partial charge in [-0.15, -0.1) is 0 Å². The Balaban J connectivity index is 1.22. The van der Waals surface area contributed by atoms with Crippen molar-refractivity contribution in [3.63, 3.8) is 0 Å². The summed E-state index contributed by atoms with van der Waals surface area (Å²) in [6.45, 7) is 0.908. The highest BCUT2D eigenvalue weighted by molar-refractivity contribution is 8.18. The molecule has 0 unspecified atom stereocenters. The summed E-state index contributed by atoms with van der Waals surface area (Å²) in [5.74, 6) is 0.532. The standard InChI is InChI=1S/C22H22N4O3S/c27-21-19(9-3-6-17-7-4-10-23-16-17)30-22(28)26(21)13-1-2-15-29-18-8-5-12-25-14-11-24-20(18)25/h4-5,7-12,14,16H,1-3,6,13,15H2/b19-9+. The lowest BCUT2D eigenvalue weighted by Gasteiger charge is -2.12. The van der Waals surface area contributed by atoms with Crippen LogP contribution in [0.25, 0.3) is 5.65 Å². The quantitative estimate of drug-likeness (QED) is 0.382. The van der Waals surface area contributed by atoms with Gasteiger partial charge in [-0.05, 0) is 61.2 Å². The number of unbranched alkanes of at least 4 members (excludes halogenated alkanes) is 1. The Bertz CT molecular complexity index is 1060. The van der Waals surface area contributed by atoms with E-state index in [1.807, 2.05) is 53.3 Å². The first-order valence-corrected chi connectivity index (χ1v) is 10.7. The van der Waals surface area contributed by atoms with E-state index in [0.717, 1.165) is 41.6 Å². The molecule has 7 nitrogen and oxygen atoms in total. The molecule has 1 aliphatic rings. The smallest absolute Gasteiger partial charge is 0.293 e. The van der Waals surface area contributed by atoms with E-state index in [1.54, 1.807) is 12.4 Å². The van der Waals surface area contributed by atoms with Crippen molar-refractivity contribution in [2.75, 3.05) is 13.2 Å². The molecule has 0 saturated carbocycles. The van der Waals surface area contributed by atoms with Crippen molar-refractivity contribution in [2.45, 2.75) is 25.7 Å². The maximum absolute atomic E-state index is 12.5. The van der Waals surface area contributed by atoms with Gasteiger partial charge >= 0.3 is 0 Å². The number of imide groups is 1. The number of hydrogen-bond donors (Lipinski definition) is 0. The van der Waals surface area contributed by atoms with E-state index < -0.39 is 0 Å². The van der Waals surface area contributed by atoms with Crippen LogP contribution in [0.5, 0.6) is 5.75 Å². The van der Waals surface area contributed by atoms with Gasteiger partial charge in [0.1, 0.15) is 0 Å². The first-order valence-electron chi connectivity index (χ1n) is 9.89. The molecule has 0 aromatic carbocycles. The molecular formula is C22H22N4O3S. The second-order valence-electron chi connectivity index (χ2n) is 6.88. The van der Waals surface area contributed by atoms with Gasteiger partial charge in [-0.1, -0.05) is 12.1 Å². The Labute approximate surface area is 178 Å². The lowest BCUT2D eigenvalue weighted by molar-refractivity contribution is -0.122. The number of carbonyl (C=O) groups is 2. The second-order valence-corrected chi connectivity index (χ2v) is 7.87. The van der Waals surface area contributed by atoms with E-state index in [0.29, 0.717) is 30.9 Å². The molecule has 1 fully saturated rings. The van der Waals surface area contributed by atoms with E-state index in [-0.39, 0.29) is 11.1 Å². The van der Waals surface area contributed by atoms with Crippen molar-refractivity contribution >= 4 is 28.6 Å². The first-order chi connectivity index (χ1) is 14.7. The summed E-state index contributed by atoms with van der Waals surface area (Å²) in [7, 11) is 0. The van der Waals surface area contributed by atoms with Crippen molar-refractivity contribution < 1.29 is 14.3 Å². The molecule has 0 bridgehead atoms. The van der Waals surface area contributed by atoms with Gasteiger partial charge in [0, 0.05) is 37.5 Å². The highest BCUT2D eigenvalue weighted by Gasteiger charge is 2.34. The molecule has 154 valence electrons. The number of hydrogen-bond acceptors (Lipinski definition) is 6. The molecule has 8 heteroatoms. The SMILES string of the molecule is O=C1S/C(=C/CCc2cccnc2)C(=O)N1CCCCOc1cccn2ccnc12. The maximum atomic E-state index is 12.5. The Hall–Kier alpha value is -3.13. The number of amides is 2. The third-order valence-corrected chi connectivity index (χ3v) is 5.73. The zero-order chi connectivity index (χ0) is 20.8. The summed E-state index contributed by atoms with van der Waals surface area (Å²) in [4.78, 5) is 34.9. The van der Waals surface area contributed by atoms with Gasteiger partial charge in [-0.3, -0.25) is 19.5 Å². The molecule has 4 heterocycles. The normalized spacial score (nSPS) is 15.5. The van der Waals surface area contributed by atoms with Gasteiger partial charge in [0.25, 0.3) is 11.1 Å². The number of allylic oxidation sites excluding steroid dienone is 1. The molecule has 4 rings (SSSR count). The van der Waals surface area contributed by atoms with E-state index in [9.17, 15) is 9.59 Å². The lowest BCUT2D eigenvalue weighted by Crippen LogP contribution is -2.29. The van der Waals surface area contributed by atoms with Gasteiger partial charge in [-0.2, -0.15) is 0 Å². The van der Waals surface area contributed by atoms with Crippen LogP contribution < -0.4 is 4.74 Å². The van der Waals surface area contributed by atoms with Crippen LogP contribution in [0.2, 0.25) is 0 Å². The van der Waals surface area contributed by atoms with E-state index in [1.165, 1.54) is 4.90 Å². The maximum Gasteiger partial charge on any atom is 0.293 e. The van der Waals surface area contributed by atoms with Gasteiger partial charge in [-0.25, -0.2) is 4.98 Å². The molecule has 0 N–H and O–H groups in total. The average Bonchev–Trinajstić information content (AvgIpc) is 3.34. The summed E-state index contributed by atoms with van der Waals surface area (Å²) in [6, 6.07) is 7.68. The van der Waals surface area contributed by atoms with Crippen LogP contribution in [-0.2, 0) is 11.2 Å². The molecule has 0 spiro atoms. The number of ether oxygens (including phenoxy) is 1. The number of aromatic nitrogens is 3. The van der Waals surface area contributed by atoms with Crippen molar-refractivity contribution in [2.24, 2.45) is 0 Å². The monoisotopic (exact) mass is 422 g/mol. The summed E-state index contributed by atoms with van der Waals surface area (Å²) < 4.78 is 7.72. The molecule has 3 aromatic rings. The fourth-order valence-electron chi connectivity index (χ4n) is 3.24. The Morgan fingerprint density at radius 3 is 2.90 bits per heavy atom. The van der Waals surface area contributed by atoms with Crippen LogP contribution in [0.4, 0.5) is 4.79 Å². The molecule has 2 amide bonds. The zero-order valence-electron chi connectivity index (χ0n) is 16.4. The Kier molecular flexibility index (Phi) is 6.44. The van der Waals surface area contributed by atoms with Crippen LogP contribution >= 0.6 is 11.8 Å². The topological polar surface area (TPSA) is 76.8 Å². The second kappa shape index (κ2) is 9.58. The average molecular weight is 423 g/mol. The number of aryl methyl sites for hydroxylation is 1. The minimum atomic E-state index is -0.198. The Morgan fingerprint density at radius 2 is 2.03 bits per heavy atom. The first kappa shape index (κ1) is 20.2. The van der Waals surface area contributed by atoms with Crippen molar-refractivity contribution in [1.82, 2.24) is 19.3 Å². The Morgan fingerprint density at radius 1 is 1.10 bits per heavy atom. The van der Waals surface area contributed by atoms with E-state index >= 15 is 0 Å². The number of carbonyl (C=O) groups excluding carboxylic acids is 2. The zero-order valence-corrected chi connectivity index (χ0v) is 17.3. The minimum Gasteiger partial charge on any atom is -0.490 e. The van der Waals surface area contributed by atoms with Crippen LogP contribution in [0.15, 0.2) is 66.2 Å². The van der Waals surface area contributed by atoms with Crippen molar-refractivity contribution in [3.05, 3.63) is 71.8 Å². The van der Waals surface area contributed by atoms with Gasteiger partial charge in [0.2, 0.25) is 0 Å². The predicted molar refractivity (Wildman–Crippen MR) is 115 cm³/mol. The third kappa shape index (κ3) is 4.71.